The Labute approximate surface area is 183 Å². The summed E-state index contributed by atoms with van der Waals surface area (Å²) in [6.07, 6.45) is 3.30. The lowest BCUT2D eigenvalue weighted by Crippen LogP contribution is -2.39. The smallest absolute Gasteiger partial charge is 0.335 e. The molecule has 1 atom stereocenters. The molecule has 0 radical (unpaired) electrons. The second-order valence-corrected chi connectivity index (χ2v) is 8.30. The molecule has 2 aromatic carbocycles. The van der Waals surface area contributed by atoms with Gasteiger partial charge in [-0.2, -0.15) is 0 Å². The van der Waals surface area contributed by atoms with E-state index in [-0.39, 0.29) is 11.5 Å². The fraction of sp³-hybridized carbons (Fsp3) is 0.292. The average Bonchev–Trinajstić information content (AvgIpc) is 3.35. The predicted octanol–water partition coefficient (Wildman–Crippen LogP) is 4.02. The molecule has 2 N–H and O–H groups in total. The number of carboxylic acid groups (broad SMARTS) is 2. The Balaban J connectivity index is 1.41. The number of aryl methyl sites for hydroxylation is 1. The van der Waals surface area contributed by atoms with Gasteiger partial charge in [-0.3, -0.25) is 9.69 Å². The Bertz CT molecular complexity index is 1300. The normalized spacial score (nSPS) is 16.5. The van der Waals surface area contributed by atoms with Crippen LogP contribution in [0.25, 0.3) is 22.0 Å². The van der Waals surface area contributed by atoms with E-state index in [1.165, 1.54) is 6.07 Å². The van der Waals surface area contributed by atoms with Crippen LogP contribution in [0.3, 0.4) is 0 Å². The highest BCUT2D eigenvalue weighted by atomic mass is 16.4. The van der Waals surface area contributed by atoms with E-state index in [1.54, 1.807) is 29.9 Å². The Morgan fingerprint density at radius 3 is 2.56 bits per heavy atom. The molecule has 0 amide bonds. The fourth-order valence-electron chi connectivity index (χ4n) is 4.72. The number of oxazole rings is 1. The lowest BCUT2D eigenvalue weighted by molar-refractivity contribution is -0.144. The van der Waals surface area contributed by atoms with Crippen LogP contribution in [0.5, 0.6) is 0 Å². The van der Waals surface area contributed by atoms with Gasteiger partial charge in [-0.1, -0.05) is 18.2 Å². The number of para-hydroxylation sites is 2. The molecule has 0 bridgehead atoms. The number of rotatable bonds is 5. The molecule has 4 aromatic rings. The molecule has 1 aliphatic rings. The SMILES string of the molecule is Cn1cc([C@H](C(=O)O)N2CCC(c3nc4ccccc4o3)CC2)c2ccc(C(=O)O)cc21. The zero-order chi connectivity index (χ0) is 22.4. The third-order valence-electron chi connectivity index (χ3n) is 6.35. The minimum absolute atomic E-state index is 0.152. The van der Waals surface area contributed by atoms with Gasteiger partial charge in [0.25, 0.3) is 0 Å². The van der Waals surface area contributed by atoms with Gasteiger partial charge in [0.05, 0.1) is 5.56 Å². The van der Waals surface area contributed by atoms with Crippen molar-refractivity contribution in [2.24, 2.45) is 7.05 Å². The Morgan fingerprint density at radius 1 is 1.12 bits per heavy atom. The molecule has 164 valence electrons. The van der Waals surface area contributed by atoms with Crippen LogP contribution in [-0.2, 0) is 11.8 Å². The van der Waals surface area contributed by atoms with Crippen molar-refractivity contribution in [2.75, 3.05) is 13.1 Å². The number of aliphatic carboxylic acids is 1. The second-order valence-electron chi connectivity index (χ2n) is 8.30. The first-order valence-electron chi connectivity index (χ1n) is 10.6. The van der Waals surface area contributed by atoms with E-state index < -0.39 is 18.0 Å². The molecule has 2 aromatic heterocycles. The molecule has 32 heavy (non-hydrogen) atoms. The molecule has 8 nitrogen and oxygen atoms in total. The van der Waals surface area contributed by atoms with Crippen LogP contribution in [0.2, 0.25) is 0 Å². The van der Waals surface area contributed by atoms with Gasteiger partial charge in [-0.15, -0.1) is 0 Å². The number of aromatic carboxylic acids is 1. The Morgan fingerprint density at radius 2 is 1.88 bits per heavy atom. The van der Waals surface area contributed by atoms with Crippen molar-refractivity contribution in [2.45, 2.75) is 24.8 Å². The van der Waals surface area contributed by atoms with Crippen LogP contribution in [0.1, 0.15) is 46.6 Å². The third kappa shape index (κ3) is 3.42. The summed E-state index contributed by atoms with van der Waals surface area (Å²) in [5.41, 5.74) is 3.16. The summed E-state index contributed by atoms with van der Waals surface area (Å²) in [6.45, 7) is 1.20. The minimum Gasteiger partial charge on any atom is -0.480 e. The predicted molar refractivity (Wildman–Crippen MR) is 118 cm³/mol. The number of aromatic nitrogens is 2. The highest BCUT2D eigenvalue weighted by molar-refractivity contribution is 5.96. The summed E-state index contributed by atoms with van der Waals surface area (Å²) >= 11 is 0. The van der Waals surface area contributed by atoms with Crippen LogP contribution < -0.4 is 0 Å². The molecule has 0 aliphatic carbocycles. The van der Waals surface area contributed by atoms with Crippen LogP contribution >= 0.6 is 0 Å². The molecule has 0 unspecified atom stereocenters. The number of likely N-dealkylation sites (tertiary alicyclic amines) is 1. The van der Waals surface area contributed by atoms with E-state index in [2.05, 4.69) is 4.98 Å². The lowest BCUT2D eigenvalue weighted by Gasteiger charge is -2.34. The maximum Gasteiger partial charge on any atom is 0.335 e. The highest BCUT2D eigenvalue weighted by Crippen LogP contribution is 2.36. The van der Waals surface area contributed by atoms with Crippen LogP contribution in [0, 0.1) is 0 Å². The van der Waals surface area contributed by atoms with E-state index in [0.29, 0.717) is 30.1 Å². The number of fused-ring (bicyclic) bond motifs is 2. The van der Waals surface area contributed by atoms with Gasteiger partial charge in [-0.25, -0.2) is 9.78 Å². The maximum atomic E-state index is 12.3. The van der Waals surface area contributed by atoms with Crippen molar-refractivity contribution in [3.8, 4) is 0 Å². The summed E-state index contributed by atoms with van der Waals surface area (Å²) in [7, 11) is 1.80. The van der Waals surface area contributed by atoms with E-state index in [0.717, 1.165) is 29.3 Å². The van der Waals surface area contributed by atoms with Crippen molar-refractivity contribution in [1.82, 2.24) is 14.5 Å². The molecule has 1 fully saturated rings. The van der Waals surface area contributed by atoms with E-state index in [1.807, 2.05) is 29.2 Å². The van der Waals surface area contributed by atoms with Crippen LogP contribution in [0.15, 0.2) is 53.1 Å². The summed E-state index contributed by atoms with van der Waals surface area (Å²) < 4.78 is 7.72. The number of benzene rings is 2. The van der Waals surface area contributed by atoms with Crippen molar-refractivity contribution in [3.05, 3.63) is 65.7 Å². The zero-order valence-electron chi connectivity index (χ0n) is 17.6. The van der Waals surface area contributed by atoms with Crippen LogP contribution in [-0.4, -0.2) is 49.7 Å². The number of carboxylic acids is 2. The molecule has 3 heterocycles. The molecule has 0 spiro atoms. The highest BCUT2D eigenvalue weighted by Gasteiger charge is 2.34. The summed E-state index contributed by atoms with van der Waals surface area (Å²) in [5.74, 6) is -1.06. The third-order valence-corrected chi connectivity index (χ3v) is 6.35. The molecule has 1 aliphatic heterocycles. The van der Waals surface area contributed by atoms with Gasteiger partial charge in [0.1, 0.15) is 11.6 Å². The average molecular weight is 433 g/mol. The van der Waals surface area contributed by atoms with Gasteiger partial charge in [0, 0.05) is 48.7 Å². The van der Waals surface area contributed by atoms with E-state index >= 15 is 0 Å². The molecule has 0 saturated carbocycles. The van der Waals surface area contributed by atoms with Crippen LogP contribution in [0.4, 0.5) is 0 Å². The Kier molecular flexibility index (Phi) is 4.94. The van der Waals surface area contributed by atoms with Gasteiger partial charge in [-0.05, 0) is 37.1 Å². The second kappa shape index (κ2) is 7.80. The lowest BCUT2D eigenvalue weighted by atomic mass is 9.94. The largest absolute Gasteiger partial charge is 0.480 e. The van der Waals surface area contributed by atoms with Crippen molar-refractivity contribution >= 4 is 33.9 Å². The minimum atomic E-state index is -1.01. The number of piperidine rings is 1. The first-order chi connectivity index (χ1) is 15.4. The number of hydrogen-bond donors (Lipinski definition) is 2. The van der Waals surface area contributed by atoms with Crippen molar-refractivity contribution < 1.29 is 24.2 Å². The maximum absolute atomic E-state index is 12.3. The zero-order valence-corrected chi connectivity index (χ0v) is 17.6. The van der Waals surface area contributed by atoms with Crippen molar-refractivity contribution in [3.63, 3.8) is 0 Å². The topological polar surface area (TPSA) is 109 Å². The molecule has 1 saturated heterocycles. The van der Waals surface area contributed by atoms with E-state index in [9.17, 15) is 19.8 Å². The molecular weight excluding hydrogens is 410 g/mol. The summed E-state index contributed by atoms with van der Waals surface area (Å²) in [4.78, 5) is 30.2. The monoisotopic (exact) mass is 433 g/mol. The van der Waals surface area contributed by atoms with Crippen molar-refractivity contribution in [1.29, 1.82) is 0 Å². The summed E-state index contributed by atoms with van der Waals surface area (Å²) in [6, 6.07) is 11.7. The molecule has 5 rings (SSSR count). The van der Waals surface area contributed by atoms with Gasteiger partial charge in [0.2, 0.25) is 0 Å². The summed E-state index contributed by atoms with van der Waals surface area (Å²) in [5, 5.41) is 20.1. The quantitative estimate of drug-likeness (QED) is 0.489. The number of hydrogen-bond acceptors (Lipinski definition) is 5. The molecule has 8 heteroatoms. The standard InChI is InChI=1S/C24H23N3O5/c1-26-13-17(16-7-6-15(23(28)29)12-19(16)26)21(24(30)31)27-10-8-14(9-11-27)22-25-18-4-2-3-5-20(18)32-22/h2-7,12-14,21H,8-11H2,1H3,(H,28,29)(H,30,31)/t21-/m1/s1. The Hall–Kier alpha value is -3.65. The first-order valence-corrected chi connectivity index (χ1v) is 10.6. The molecular formula is C24H23N3O5. The first kappa shape index (κ1) is 20.3. The van der Waals surface area contributed by atoms with Gasteiger partial charge in [0.15, 0.2) is 11.5 Å². The fourth-order valence-corrected chi connectivity index (χ4v) is 4.72. The number of carbonyl (C=O) groups is 2. The van der Waals surface area contributed by atoms with Gasteiger partial charge >= 0.3 is 11.9 Å². The number of nitrogens with zero attached hydrogens (tertiary/aromatic N) is 3. The van der Waals surface area contributed by atoms with Gasteiger partial charge < -0.3 is 19.2 Å². The van der Waals surface area contributed by atoms with E-state index in [4.69, 9.17) is 4.42 Å².